The van der Waals surface area contributed by atoms with Crippen molar-refractivity contribution in [3.05, 3.63) is 53.6 Å². The maximum Gasteiger partial charge on any atom is 0.129 e. The van der Waals surface area contributed by atoms with Gasteiger partial charge in [0, 0.05) is 30.5 Å². The van der Waals surface area contributed by atoms with E-state index in [2.05, 4.69) is 17.3 Å². The van der Waals surface area contributed by atoms with Gasteiger partial charge in [0.2, 0.25) is 0 Å². The van der Waals surface area contributed by atoms with Crippen LogP contribution >= 0.6 is 0 Å². The molecule has 0 fully saturated rings. The van der Waals surface area contributed by atoms with Crippen LogP contribution in [-0.4, -0.2) is 15.8 Å². The van der Waals surface area contributed by atoms with Crippen molar-refractivity contribution in [2.24, 2.45) is 0 Å². The van der Waals surface area contributed by atoms with Crippen molar-refractivity contribution in [3.63, 3.8) is 0 Å². The zero-order valence-corrected chi connectivity index (χ0v) is 11.5. The van der Waals surface area contributed by atoms with Gasteiger partial charge < -0.3 is 5.32 Å². The second-order valence-electron chi connectivity index (χ2n) is 4.81. The van der Waals surface area contributed by atoms with Gasteiger partial charge in [0.15, 0.2) is 0 Å². The molecule has 1 N–H and O–H groups in total. The molecule has 5 heteroatoms. The summed E-state index contributed by atoms with van der Waals surface area (Å²) in [5.41, 5.74) is 0.896. The molecule has 2 aromatic rings. The summed E-state index contributed by atoms with van der Waals surface area (Å²) in [7, 11) is 0. The molecule has 0 aliphatic heterocycles. The van der Waals surface area contributed by atoms with Crippen LogP contribution in [0, 0.1) is 17.1 Å². The molecule has 0 amide bonds. The Bertz CT molecular complexity index is 601. The van der Waals surface area contributed by atoms with Crippen LogP contribution in [0.2, 0.25) is 0 Å². The lowest BCUT2D eigenvalue weighted by molar-refractivity contribution is 0.363. The normalized spacial score (nSPS) is 13.7. The molecule has 0 radical (unpaired) electrons. The van der Waals surface area contributed by atoms with E-state index in [0.717, 1.165) is 0 Å². The molecule has 1 heterocycles. The standard InChI is InChI=1S/C15H17FN4/c1-11(12(2)20-7-3-6-19-20)18-10-14-5-4-13(9-17)8-15(14)16/h3-8,11-12,18H,10H2,1-2H3/t11-,12-/m0/s1. The minimum Gasteiger partial charge on any atom is -0.308 e. The lowest BCUT2D eigenvalue weighted by Gasteiger charge is -2.22. The molecule has 0 aliphatic rings. The van der Waals surface area contributed by atoms with Crippen LogP contribution in [0.5, 0.6) is 0 Å². The van der Waals surface area contributed by atoms with Gasteiger partial charge in [-0.3, -0.25) is 4.68 Å². The third-order valence-corrected chi connectivity index (χ3v) is 3.46. The number of halogens is 1. The molecule has 0 unspecified atom stereocenters. The predicted molar refractivity (Wildman–Crippen MR) is 74.4 cm³/mol. The van der Waals surface area contributed by atoms with E-state index in [9.17, 15) is 4.39 Å². The third kappa shape index (κ3) is 3.22. The molecular weight excluding hydrogens is 255 g/mol. The quantitative estimate of drug-likeness (QED) is 0.910. The van der Waals surface area contributed by atoms with Crippen LogP contribution in [-0.2, 0) is 6.54 Å². The van der Waals surface area contributed by atoms with Gasteiger partial charge in [-0.15, -0.1) is 0 Å². The highest BCUT2D eigenvalue weighted by molar-refractivity contribution is 5.32. The number of hydrogen-bond acceptors (Lipinski definition) is 3. The fraction of sp³-hybridized carbons (Fsp3) is 0.333. The molecule has 104 valence electrons. The van der Waals surface area contributed by atoms with Crippen molar-refractivity contribution in [2.75, 3.05) is 0 Å². The smallest absolute Gasteiger partial charge is 0.129 e. The monoisotopic (exact) mass is 272 g/mol. The second-order valence-corrected chi connectivity index (χ2v) is 4.81. The Morgan fingerprint density at radius 3 is 2.85 bits per heavy atom. The van der Waals surface area contributed by atoms with E-state index in [1.807, 2.05) is 29.9 Å². The Balaban J connectivity index is 1.97. The van der Waals surface area contributed by atoms with Gasteiger partial charge >= 0.3 is 0 Å². The molecular formula is C15H17FN4. The van der Waals surface area contributed by atoms with Crippen molar-refractivity contribution < 1.29 is 4.39 Å². The summed E-state index contributed by atoms with van der Waals surface area (Å²) in [6, 6.07) is 8.65. The summed E-state index contributed by atoms with van der Waals surface area (Å²) in [6.07, 6.45) is 3.65. The van der Waals surface area contributed by atoms with Gasteiger partial charge in [-0.05, 0) is 32.0 Å². The molecule has 2 atom stereocenters. The number of nitrogens with one attached hydrogen (secondary N) is 1. The maximum absolute atomic E-state index is 13.8. The molecule has 0 spiro atoms. The van der Waals surface area contributed by atoms with Crippen LogP contribution in [0.25, 0.3) is 0 Å². The van der Waals surface area contributed by atoms with Gasteiger partial charge in [0.05, 0.1) is 17.7 Å². The summed E-state index contributed by atoms with van der Waals surface area (Å²) >= 11 is 0. The molecule has 0 aliphatic carbocycles. The average Bonchev–Trinajstić information content (AvgIpc) is 2.98. The van der Waals surface area contributed by atoms with Crippen LogP contribution in [0.3, 0.4) is 0 Å². The summed E-state index contributed by atoms with van der Waals surface area (Å²) in [4.78, 5) is 0. The first kappa shape index (κ1) is 14.2. The summed E-state index contributed by atoms with van der Waals surface area (Å²) in [5, 5.41) is 16.2. The highest BCUT2D eigenvalue weighted by Crippen LogP contribution is 2.13. The van der Waals surface area contributed by atoms with Gasteiger partial charge in [-0.1, -0.05) is 6.07 Å². The summed E-state index contributed by atoms with van der Waals surface area (Å²) in [5.74, 6) is -0.351. The minimum atomic E-state index is -0.351. The fourth-order valence-electron chi connectivity index (χ4n) is 1.95. The van der Waals surface area contributed by atoms with Crippen molar-refractivity contribution in [2.45, 2.75) is 32.5 Å². The minimum absolute atomic E-state index is 0.143. The summed E-state index contributed by atoms with van der Waals surface area (Å²) in [6.45, 7) is 4.51. The van der Waals surface area contributed by atoms with Crippen molar-refractivity contribution in [1.82, 2.24) is 15.1 Å². The van der Waals surface area contributed by atoms with Crippen LogP contribution in [0.15, 0.2) is 36.7 Å². The molecule has 0 saturated heterocycles. The van der Waals surface area contributed by atoms with Gasteiger partial charge in [-0.2, -0.15) is 10.4 Å². The lowest BCUT2D eigenvalue weighted by atomic mass is 10.1. The first-order valence-electron chi connectivity index (χ1n) is 6.53. The topological polar surface area (TPSA) is 53.6 Å². The highest BCUT2D eigenvalue weighted by atomic mass is 19.1. The highest BCUT2D eigenvalue weighted by Gasteiger charge is 2.14. The van der Waals surface area contributed by atoms with E-state index >= 15 is 0 Å². The van der Waals surface area contributed by atoms with Gasteiger partial charge in [-0.25, -0.2) is 4.39 Å². The first-order chi connectivity index (χ1) is 9.61. The molecule has 0 bridgehead atoms. The summed E-state index contributed by atoms with van der Waals surface area (Å²) < 4.78 is 15.6. The molecule has 2 rings (SSSR count). The van der Waals surface area contributed by atoms with E-state index in [1.54, 1.807) is 18.3 Å². The fourth-order valence-corrected chi connectivity index (χ4v) is 1.95. The Labute approximate surface area is 117 Å². The second kappa shape index (κ2) is 6.31. The Hall–Kier alpha value is -2.19. The zero-order chi connectivity index (χ0) is 14.5. The maximum atomic E-state index is 13.8. The van der Waals surface area contributed by atoms with Crippen molar-refractivity contribution in [1.29, 1.82) is 5.26 Å². The SMILES string of the molecule is C[C@H](NCc1ccc(C#N)cc1F)[C@H](C)n1cccn1. The third-order valence-electron chi connectivity index (χ3n) is 3.46. The lowest BCUT2D eigenvalue weighted by Crippen LogP contribution is -2.33. The molecule has 20 heavy (non-hydrogen) atoms. The average molecular weight is 272 g/mol. The number of aromatic nitrogens is 2. The molecule has 1 aromatic heterocycles. The van der Waals surface area contributed by atoms with E-state index in [4.69, 9.17) is 5.26 Å². The Morgan fingerprint density at radius 2 is 2.25 bits per heavy atom. The van der Waals surface area contributed by atoms with Gasteiger partial charge in [0.25, 0.3) is 0 Å². The molecule has 4 nitrogen and oxygen atoms in total. The molecule has 1 aromatic carbocycles. The Kier molecular flexibility index (Phi) is 4.49. The van der Waals surface area contributed by atoms with E-state index < -0.39 is 0 Å². The number of nitriles is 1. The van der Waals surface area contributed by atoms with Crippen molar-refractivity contribution >= 4 is 0 Å². The van der Waals surface area contributed by atoms with E-state index in [0.29, 0.717) is 17.7 Å². The van der Waals surface area contributed by atoms with Crippen LogP contribution in [0.4, 0.5) is 4.39 Å². The largest absolute Gasteiger partial charge is 0.308 e. The number of nitrogens with zero attached hydrogens (tertiary/aromatic N) is 3. The van der Waals surface area contributed by atoms with E-state index in [-0.39, 0.29) is 17.9 Å². The van der Waals surface area contributed by atoms with Crippen LogP contribution < -0.4 is 5.32 Å². The van der Waals surface area contributed by atoms with E-state index in [1.165, 1.54) is 6.07 Å². The van der Waals surface area contributed by atoms with Gasteiger partial charge in [0.1, 0.15) is 5.82 Å². The number of benzene rings is 1. The number of rotatable bonds is 5. The predicted octanol–water partition coefficient (Wildman–Crippen LogP) is 2.63. The van der Waals surface area contributed by atoms with Crippen LogP contribution in [0.1, 0.15) is 31.0 Å². The van der Waals surface area contributed by atoms with Crippen molar-refractivity contribution in [3.8, 4) is 6.07 Å². The molecule has 0 saturated carbocycles. The number of hydrogen-bond donors (Lipinski definition) is 1. The zero-order valence-electron chi connectivity index (χ0n) is 11.5. The Morgan fingerprint density at radius 1 is 1.45 bits per heavy atom. The first-order valence-corrected chi connectivity index (χ1v) is 6.53.